The van der Waals surface area contributed by atoms with Crippen LogP contribution in [0.1, 0.15) is 11.3 Å². The molecule has 1 aromatic carbocycles. The van der Waals surface area contributed by atoms with Crippen LogP contribution in [0.4, 0.5) is 5.69 Å². The highest BCUT2D eigenvalue weighted by Gasteiger charge is 2.24. The number of rotatable bonds is 2. The number of phenolic OH excluding ortho intramolecular Hbond substituents is 1. The number of phenols is 1. The molecular weight excluding hydrogens is 288 g/mol. The first-order valence-corrected chi connectivity index (χ1v) is 7.07. The second-order valence-electron chi connectivity index (χ2n) is 4.44. The van der Waals surface area contributed by atoms with Crippen LogP contribution >= 0.6 is 11.8 Å². The molecule has 0 atom stereocenters. The number of para-hydroxylation sites is 1. The Labute approximate surface area is 125 Å². The highest BCUT2D eigenvalue weighted by atomic mass is 32.2. The summed E-state index contributed by atoms with van der Waals surface area (Å²) in [6.45, 7) is 1.85. The lowest BCUT2D eigenvalue weighted by atomic mass is 10.2. The van der Waals surface area contributed by atoms with Crippen molar-refractivity contribution in [3.63, 3.8) is 0 Å². The molecule has 106 valence electrons. The van der Waals surface area contributed by atoms with Gasteiger partial charge in [0.1, 0.15) is 17.2 Å². The number of aliphatic imine (C=N–C) groups is 1. The summed E-state index contributed by atoms with van der Waals surface area (Å²) in [5.74, 6) is 0.455. The number of carbonyl (C=O) groups is 1. The van der Waals surface area contributed by atoms with Gasteiger partial charge in [-0.05, 0) is 42.4 Å². The number of aryl methyl sites for hydroxylation is 1. The highest BCUT2D eigenvalue weighted by Crippen LogP contribution is 2.33. The number of nitrogens with zero attached hydrogens (tertiary/aromatic N) is 1. The molecule has 3 rings (SSSR count). The molecule has 1 amide bonds. The van der Waals surface area contributed by atoms with Crippen molar-refractivity contribution in [1.29, 1.82) is 0 Å². The van der Waals surface area contributed by atoms with E-state index in [1.807, 2.05) is 13.0 Å². The summed E-state index contributed by atoms with van der Waals surface area (Å²) in [4.78, 5) is 16.7. The van der Waals surface area contributed by atoms with Crippen LogP contribution in [0, 0.1) is 6.92 Å². The Balaban J connectivity index is 1.89. The number of amidine groups is 1. The van der Waals surface area contributed by atoms with Gasteiger partial charge in [0.15, 0.2) is 5.17 Å². The third-order valence-corrected chi connectivity index (χ3v) is 3.81. The lowest BCUT2D eigenvalue weighted by Crippen LogP contribution is -2.19. The summed E-state index contributed by atoms with van der Waals surface area (Å²) in [5, 5.41) is 12.9. The summed E-state index contributed by atoms with van der Waals surface area (Å²) < 4.78 is 5.19. The van der Waals surface area contributed by atoms with E-state index in [4.69, 9.17) is 4.42 Å². The third-order valence-electron chi connectivity index (χ3n) is 2.90. The Morgan fingerprint density at radius 2 is 2.19 bits per heavy atom. The Hall–Kier alpha value is -2.47. The van der Waals surface area contributed by atoms with Crippen LogP contribution in [-0.4, -0.2) is 16.2 Å². The minimum atomic E-state index is -0.233. The first-order valence-electron chi connectivity index (χ1n) is 6.25. The molecule has 1 aromatic heterocycles. The van der Waals surface area contributed by atoms with E-state index < -0.39 is 0 Å². The number of hydrogen-bond acceptors (Lipinski definition) is 5. The zero-order valence-corrected chi connectivity index (χ0v) is 12.0. The molecule has 1 aliphatic heterocycles. The van der Waals surface area contributed by atoms with E-state index in [0.29, 0.717) is 21.5 Å². The minimum Gasteiger partial charge on any atom is -0.506 e. The number of benzene rings is 1. The summed E-state index contributed by atoms with van der Waals surface area (Å²) in [5.41, 5.74) is 1.29. The Kier molecular flexibility index (Phi) is 3.53. The third kappa shape index (κ3) is 2.85. The summed E-state index contributed by atoms with van der Waals surface area (Å²) in [6.07, 6.45) is 3.20. The van der Waals surface area contributed by atoms with Gasteiger partial charge in [0.2, 0.25) is 0 Å². The van der Waals surface area contributed by atoms with Gasteiger partial charge in [0.05, 0.1) is 11.2 Å². The molecule has 1 aliphatic rings. The first-order chi connectivity index (χ1) is 10.1. The lowest BCUT2D eigenvalue weighted by molar-refractivity contribution is -0.115. The van der Waals surface area contributed by atoms with Gasteiger partial charge in [-0.3, -0.25) is 4.79 Å². The molecule has 2 heterocycles. The average Bonchev–Trinajstić information content (AvgIpc) is 3.06. The number of hydrogen-bond donors (Lipinski definition) is 2. The van der Waals surface area contributed by atoms with E-state index in [0.717, 1.165) is 5.56 Å². The van der Waals surface area contributed by atoms with E-state index in [9.17, 15) is 9.90 Å². The predicted molar refractivity (Wildman–Crippen MR) is 82.4 cm³/mol. The molecule has 0 unspecified atom stereocenters. The number of nitrogens with one attached hydrogen (secondary N) is 1. The van der Waals surface area contributed by atoms with Crippen LogP contribution in [0.2, 0.25) is 0 Å². The van der Waals surface area contributed by atoms with Crippen molar-refractivity contribution in [3.8, 4) is 5.75 Å². The van der Waals surface area contributed by atoms with Crippen molar-refractivity contribution in [2.75, 3.05) is 0 Å². The second-order valence-corrected chi connectivity index (χ2v) is 5.47. The van der Waals surface area contributed by atoms with Crippen LogP contribution < -0.4 is 5.32 Å². The standard InChI is InChI=1S/C15H12N2O3S/c1-9-4-2-6-11(18)13(9)16-15-17-14(19)12(21-15)8-10-5-3-7-20-10/h2-8,18H,1H3,(H,16,17,19)/b12-8+. The smallest absolute Gasteiger partial charge is 0.264 e. The molecule has 1 saturated heterocycles. The van der Waals surface area contributed by atoms with Crippen molar-refractivity contribution in [1.82, 2.24) is 5.32 Å². The van der Waals surface area contributed by atoms with Crippen molar-refractivity contribution in [2.45, 2.75) is 6.92 Å². The largest absolute Gasteiger partial charge is 0.506 e. The molecule has 1 fully saturated rings. The number of aromatic hydroxyl groups is 1. The lowest BCUT2D eigenvalue weighted by Gasteiger charge is -2.03. The Bertz CT molecular complexity index is 728. The minimum absolute atomic E-state index is 0.0841. The molecule has 5 nitrogen and oxygen atoms in total. The van der Waals surface area contributed by atoms with E-state index in [1.54, 1.807) is 36.6 Å². The molecular formula is C15H12N2O3S. The maximum Gasteiger partial charge on any atom is 0.264 e. The van der Waals surface area contributed by atoms with Crippen LogP contribution in [-0.2, 0) is 4.79 Å². The van der Waals surface area contributed by atoms with Crippen LogP contribution in [0.25, 0.3) is 6.08 Å². The number of thioether (sulfide) groups is 1. The zero-order chi connectivity index (χ0) is 14.8. The molecule has 21 heavy (non-hydrogen) atoms. The predicted octanol–water partition coefficient (Wildman–Crippen LogP) is 3.19. The van der Waals surface area contributed by atoms with Crippen LogP contribution in [0.3, 0.4) is 0 Å². The van der Waals surface area contributed by atoms with Gasteiger partial charge in [0, 0.05) is 6.08 Å². The van der Waals surface area contributed by atoms with Gasteiger partial charge in [-0.15, -0.1) is 0 Å². The van der Waals surface area contributed by atoms with Gasteiger partial charge >= 0.3 is 0 Å². The van der Waals surface area contributed by atoms with E-state index in [2.05, 4.69) is 10.3 Å². The molecule has 6 heteroatoms. The summed E-state index contributed by atoms with van der Waals surface area (Å²) in [7, 11) is 0. The summed E-state index contributed by atoms with van der Waals surface area (Å²) in [6, 6.07) is 8.68. The van der Waals surface area contributed by atoms with Gasteiger partial charge in [-0.1, -0.05) is 12.1 Å². The van der Waals surface area contributed by atoms with E-state index in [1.165, 1.54) is 11.8 Å². The molecule has 0 radical (unpaired) electrons. The van der Waals surface area contributed by atoms with Crippen molar-refractivity contribution >= 4 is 34.6 Å². The molecule has 0 aliphatic carbocycles. The normalized spacial score (nSPS) is 18.4. The fraction of sp³-hybridized carbons (Fsp3) is 0.0667. The molecule has 2 N–H and O–H groups in total. The van der Waals surface area contributed by atoms with Crippen molar-refractivity contribution in [2.24, 2.45) is 4.99 Å². The molecule has 0 spiro atoms. The van der Waals surface area contributed by atoms with E-state index >= 15 is 0 Å². The average molecular weight is 300 g/mol. The number of carbonyl (C=O) groups excluding carboxylic acids is 1. The molecule has 0 bridgehead atoms. The first kappa shape index (κ1) is 13.5. The number of furan rings is 1. The van der Waals surface area contributed by atoms with Gasteiger partial charge < -0.3 is 14.8 Å². The zero-order valence-electron chi connectivity index (χ0n) is 11.2. The van der Waals surface area contributed by atoms with Gasteiger partial charge in [0.25, 0.3) is 5.91 Å². The van der Waals surface area contributed by atoms with Crippen LogP contribution in [0.5, 0.6) is 5.75 Å². The number of amides is 1. The van der Waals surface area contributed by atoms with Crippen molar-refractivity contribution < 1.29 is 14.3 Å². The van der Waals surface area contributed by atoms with Gasteiger partial charge in [-0.2, -0.15) is 0 Å². The Morgan fingerprint density at radius 1 is 1.33 bits per heavy atom. The quantitative estimate of drug-likeness (QED) is 0.835. The monoisotopic (exact) mass is 300 g/mol. The highest BCUT2D eigenvalue weighted by molar-refractivity contribution is 8.18. The molecule has 0 saturated carbocycles. The summed E-state index contributed by atoms with van der Waals surface area (Å²) >= 11 is 1.21. The fourth-order valence-corrected chi connectivity index (χ4v) is 2.68. The Morgan fingerprint density at radius 3 is 2.90 bits per heavy atom. The second kappa shape index (κ2) is 5.49. The van der Waals surface area contributed by atoms with Crippen molar-refractivity contribution in [3.05, 3.63) is 52.8 Å². The van der Waals surface area contributed by atoms with Gasteiger partial charge in [-0.25, -0.2) is 4.99 Å². The topological polar surface area (TPSA) is 74.8 Å². The van der Waals surface area contributed by atoms with E-state index in [-0.39, 0.29) is 11.7 Å². The SMILES string of the molecule is Cc1cccc(O)c1N=C1NC(=O)/C(=C\c2ccco2)S1. The molecule has 2 aromatic rings. The van der Waals surface area contributed by atoms with Crippen LogP contribution in [0.15, 0.2) is 50.9 Å². The maximum atomic E-state index is 11.9. The fourth-order valence-electron chi connectivity index (χ4n) is 1.87. The maximum absolute atomic E-state index is 11.9.